The first-order chi connectivity index (χ1) is 19.3. The predicted octanol–water partition coefficient (Wildman–Crippen LogP) is 4.86. The summed E-state index contributed by atoms with van der Waals surface area (Å²) < 4.78 is 11.6. The molecule has 224 valence electrons. The standard InChI is InChI=1S/C14H20N4O2.C10H12N4O2.C4H9Br/c1-8(2)7-18-12-10(6-15-14(17-12)20-5)16-11(9(3)4)13(18)19;1-5(2)7-9(15)13-8-6(12-7)4-11-10(14-8)16-3;1-4(2)3-5/h6,8-9H,7H2,1-5H3;4-5H,1-3H3,(H,11,13,14,15);4H,3H2,1-2H3. The third kappa shape index (κ3) is 9.27. The van der Waals surface area contributed by atoms with Crippen LogP contribution >= 0.6 is 15.9 Å². The van der Waals surface area contributed by atoms with Crippen molar-refractivity contribution >= 4 is 38.3 Å². The molecule has 0 saturated heterocycles. The van der Waals surface area contributed by atoms with Gasteiger partial charge in [0, 0.05) is 23.7 Å². The summed E-state index contributed by atoms with van der Waals surface area (Å²) in [6.07, 6.45) is 3.13. The number of aromatic nitrogens is 8. The normalized spacial score (nSPS) is 11.1. The van der Waals surface area contributed by atoms with E-state index in [0.29, 0.717) is 46.2 Å². The topological polar surface area (TPSA) is 151 Å². The predicted molar refractivity (Wildman–Crippen MR) is 164 cm³/mol. The summed E-state index contributed by atoms with van der Waals surface area (Å²) in [6, 6.07) is 0.454. The second-order valence-electron chi connectivity index (χ2n) is 10.8. The molecule has 0 aliphatic heterocycles. The Bertz CT molecular complexity index is 1550. The molecule has 4 rings (SSSR count). The van der Waals surface area contributed by atoms with Crippen molar-refractivity contribution in [3.63, 3.8) is 0 Å². The largest absolute Gasteiger partial charge is 0.467 e. The molecule has 4 heterocycles. The molecular formula is C28H41BrN8O4. The van der Waals surface area contributed by atoms with Crippen LogP contribution in [0.15, 0.2) is 22.0 Å². The Kier molecular flexibility index (Phi) is 12.8. The third-order valence-electron chi connectivity index (χ3n) is 5.46. The molecule has 1 N–H and O–H groups in total. The van der Waals surface area contributed by atoms with Crippen LogP contribution in [0.2, 0.25) is 0 Å². The maximum absolute atomic E-state index is 12.6. The van der Waals surface area contributed by atoms with E-state index in [0.717, 1.165) is 11.2 Å². The second kappa shape index (κ2) is 15.5. The van der Waals surface area contributed by atoms with E-state index in [9.17, 15) is 9.59 Å². The Balaban J connectivity index is 0.000000251. The van der Waals surface area contributed by atoms with Crippen molar-refractivity contribution in [2.75, 3.05) is 19.5 Å². The van der Waals surface area contributed by atoms with Crippen molar-refractivity contribution in [1.82, 2.24) is 39.5 Å². The van der Waals surface area contributed by atoms with Gasteiger partial charge in [0.15, 0.2) is 11.3 Å². The molecule has 0 saturated carbocycles. The fourth-order valence-corrected chi connectivity index (χ4v) is 3.42. The van der Waals surface area contributed by atoms with E-state index in [1.165, 1.54) is 20.4 Å². The zero-order chi connectivity index (χ0) is 30.9. The number of methoxy groups -OCH3 is 2. The van der Waals surface area contributed by atoms with E-state index in [2.05, 4.69) is 78.5 Å². The highest BCUT2D eigenvalue weighted by molar-refractivity contribution is 9.09. The molecule has 0 radical (unpaired) electrons. The van der Waals surface area contributed by atoms with E-state index in [1.54, 1.807) is 10.8 Å². The van der Waals surface area contributed by atoms with Gasteiger partial charge in [-0.3, -0.25) is 14.2 Å². The molecule has 0 fully saturated rings. The van der Waals surface area contributed by atoms with E-state index < -0.39 is 0 Å². The smallest absolute Gasteiger partial charge is 0.318 e. The Morgan fingerprint density at radius 1 is 0.780 bits per heavy atom. The molecule has 0 spiro atoms. The van der Waals surface area contributed by atoms with E-state index in [1.807, 2.05) is 27.7 Å². The minimum atomic E-state index is -0.219. The van der Waals surface area contributed by atoms with Crippen LogP contribution in [-0.4, -0.2) is 59.0 Å². The summed E-state index contributed by atoms with van der Waals surface area (Å²) in [5.41, 5.74) is 2.83. The molecule has 12 nitrogen and oxygen atoms in total. The van der Waals surface area contributed by atoms with Crippen LogP contribution in [0.4, 0.5) is 0 Å². The summed E-state index contributed by atoms with van der Waals surface area (Å²) in [5.74, 6) is 1.26. The lowest BCUT2D eigenvalue weighted by Crippen LogP contribution is -2.29. The maximum Gasteiger partial charge on any atom is 0.318 e. The zero-order valence-electron chi connectivity index (χ0n) is 25.5. The van der Waals surface area contributed by atoms with Gasteiger partial charge in [-0.05, 0) is 11.8 Å². The number of nitrogens with zero attached hydrogens (tertiary/aromatic N) is 7. The first kappa shape index (κ1) is 33.7. The minimum Gasteiger partial charge on any atom is -0.467 e. The Morgan fingerprint density at radius 3 is 1.78 bits per heavy atom. The highest BCUT2D eigenvalue weighted by Crippen LogP contribution is 2.16. The van der Waals surface area contributed by atoms with Gasteiger partial charge in [-0.1, -0.05) is 71.3 Å². The van der Waals surface area contributed by atoms with E-state index >= 15 is 0 Å². The van der Waals surface area contributed by atoms with Crippen molar-refractivity contribution in [2.45, 2.75) is 73.8 Å². The number of rotatable bonds is 7. The van der Waals surface area contributed by atoms with Crippen LogP contribution in [0.1, 0.15) is 78.6 Å². The molecule has 0 aliphatic rings. The number of H-pyrrole nitrogens is 1. The van der Waals surface area contributed by atoms with Crippen molar-refractivity contribution in [3.8, 4) is 12.0 Å². The van der Waals surface area contributed by atoms with E-state index in [4.69, 9.17) is 9.47 Å². The highest BCUT2D eigenvalue weighted by atomic mass is 79.9. The number of ether oxygens (including phenoxy) is 2. The number of nitrogens with one attached hydrogen (secondary N) is 1. The van der Waals surface area contributed by atoms with Crippen LogP contribution < -0.4 is 20.6 Å². The van der Waals surface area contributed by atoms with Gasteiger partial charge in [-0.15, -0.1) is 0 Å². The number of aromatic amines is 1. The van der Waals surface area contributed by atoms with E-state index in [-0.39, 0.29) is 35.0 Å². The molecule has 4 aromatic heterocycles. The van der Waals surface area contributed by atoms with Crippen molar-refractivity contribution in [2.24, 2.45) is 11.8 Å². The molecule has 0 amide bonds. The number of halogens is 1. The molecule has 0 unspecified atom stereocenters. The molecule has 4 aromatic rings. The van der Waals surface area contributed by atoms with Crippen LogP contribution in [0.5, 0.6) is 12.0 Å². The van der Waals surface area contributed by atoms with Crippen LogP contribution in [0, 0.1) is 11.8 Å². The number of fused-ring (bicyclic) bond motifs is 2. The fraction of sp³-hybridized carbons (Fsp3) is 0.571. The maximum atomic E-state index is 12.6. The molecule has 0 bridgehead atoms. The summed E-state index contributed by atoms with van der Waals surface area (Å²) in [7, 11) is 2.97. The SMILES string of the molecule is CC(C)CBr.COc1ncc2nc(C(C)C)c(=O)[nH]c2n1.COc1ncc2nc(C(C)C)c(=O)n(CC(C)C)c2n1. The molecule has 41 heavy (non-hydrogen) atoms. The molecule has 0 atom stereocenters. The number of alkyl halides is 1. The van der Waals surface area contributed by atoms with Crippen molar-refractivity contribution in [3.05, 3.63) is 44.5 Å². The van der Waals surface area contributed by atoms with Gasteiger partial charge < -0.3 is 14.5 Å². The van der Waals surface area contributed by atoms with Crippen molar-refractivity contribution < 1.29 is 9.47 Å². The van der Waals surface area contributed by atoms with Crippen LogP contribution in [0.25, 0.3) is 22.3 Å². The van der Waals surface area contributed by atoms with Gasteiger partial charge in [-0.2, -0.15) is 9.97 Å². The molecular weight excluding hydrogens is 592 g/mol. The monoisotopic (exact) mass is 632 g/mol. The van der Waals surface area contributed by atoms with Gasteiger partial charge in [0.25, 0.3) is 11.1 Å². The number of hydrogen-bond acceptors (Lipinski definition) is 10. The van der Waals surface area contributed by atoms with Crippen molar-refractivity contribution in [1.29, 1.82) is 0 Å². The lowest BCUT2D eigenvalue weighted by atomic mass is 10.1. The van der Waals surface area contributed by atoms with Gasteiger partial charge in [-0.25, -0.2) is 19.9 Å². The van der Waals surface area contributed by atoms with Gasteiger partial charge >= 0.3 is 12.0 Å². The first-order valence-electron chi connectivity index (χ1n) is 13.5. The summed E-state index contributed by atoms with van der Waals surface area (Å²) in [6.45, 7) is 16.8. The second-order valence-corrected chi connectivity index (χ2v) is 11.4. The average Bonchev–Trinajstić information content (AvgIpc) is 2.93. The summed E-state index contributed by atoms with van der Waals surface area (Å²) in [5, 5.41) is 1.12. The Morgan fingerprint density at radius 2 is 1.29 bits per heavy atom. The highest BCUT2D eigenvalue weighted by Gasteiger charge is 2.16. The first-order valence-corrected chi connectivity index (χ1v) is 14.6. The number of hydrogen-bond donors (Lipinski definition) is 1. The fourth-order valence-electron chi connectivity index (χ4n) is 3.42. The molecule has 13 heteroatoms. The third-order valence-corrected chi connectivity index (χ3v) is 6.75. The summed E-state index contributed by atoms with van der Waals surface area (Å²) in [4.78, 5) is 51.8. The summed E-state index contributed by atoms with van der Waals surface area (Å²) >= 11 is 3.31. The van der Waals surface area contributed by atoms with Gasteiger partial charge in [0.2, 0.25) is 0 Å². The van der Waals surface area contributed by atoms with Gasteiger partial charge in [0.1, 0.15) is 22.4 Å². The van der Waals surface area contributed by atoms with Crippen LogP contribution in [-0.2, 0) is 6.54 Å². The lowest BCUT2D eigenvalue weighted by molar-refractivity contribution is 0.380. The minimum absolute atomic E-state index is 0.0624. The quantitative estimate of drug-likeness (QED) is 0.280. The Hall–Kier alpha value is -3.48. The van der Waals surface area contributed by atoms with Crippen LogP contribution in [0.3, 0.4) is 0 Å². The molecule has 0 aliphatic carbocycles. The molecule has 0 aromatic carbocycles. The van der Waals surface area contributed by atoms with Gasteiger partial charge in [0.05, 0.1) is 26.6 Å². The average molecular weight is 634 g/mol. The zero-order valence-corrected chi connectivity index (χ0v) is 27.1. The Labute approximate surface area is 248 Å². The lowest BCUT2D eigenvalue weighted by Gasteiger charge is -2.14.